The fraction of sp³-hybridized carbons (Fsp3) is 0.211. The molecule has 0 aliphatic rings. The average molecular weight is 326 g/mol. The standard InChI is InChI=1S/C19H19NS2/c1-4-13-14-9-5-7-11-16(14)18(22-19(21)20(2)3)17-12-8-6-10-15(13)17/h5-12H,4H2,1-3H3. The van der Waals surface area contributed by atoms with E-state index in [0.29, 0.717) is 0 Å². The van der Waals surface area contributed by atoms with Crippen LogP contribution in [-0.4, -0.2) is 23.3 Å². The van der Waals surface area contributed by atoms with E-state index >= 15 is 0 Å². The lowest BCUT2D eigenvalue weighted by Gasteiger charge is -2.18. The Morgan fingerprint density at radius 1 is 0.909 bits per heavy atom. The number of hydrogen-bond acceptors (Lipinski definition) is 2. The molecule has 0 unspecified atom stereocenters. The van der Waals surface area contributed by atoms with Crippen LogP contribution in [0.1, 0.15) is 12.5 Å². The third kappa shape index (κ3) is 2.59. The van der Waals surface area contributed by atoms with Crippen molar-refractivity contribution in [3.8, 4) is 0 Å². The van der Waals surface area contributed by atoms with Gasteiger partial charge in [0.15, 0.2) is 0 Å². The predicted molar refractivity (Wildman–Crippen MR) is 103 cm³/mol. The Bertz CT molecular complexity index is 796. The Labute approximate surface area is 141 Å². The van der Waals surface area contributed by atoms with E-state index in [4.69, 9.17) is 12.2 Å². The monoisotopic (exact) mass is 325 g/mol. The largest absolute Gasteiger partial charge is 0.363 e. The molecule has 112 valence electrons. The summed E-state index contributed by atoms with van der Waals surface area (Å²) in [6.07, 6.45) is 1.03. The summed E-state index contributed by atoms with van der Waals surface area (Å²) >= 11 is 7.22. The molecule has 0 N–H and O–H groups in total. The fourth-order valence-electron chi connectivity index (χ4n) is 2.85. The van der Waals surface area contributed by atoms with E-state index in [-0.39, 0.29) is 0 Å². The molecule has 3 heteroatoms. The molecular formula is C19H19NS2. The minimum atomic E-state index is 0.888. The molecule has 22 heavy (non-hydrogen) atoms. The lowest BCUT2D eigenvalue weighted by atomic mass is 9.95. The summed E-state index contributed by atoms with van der Waals surface area (Å²) in [6, 6.07) is 17.3. The van der Waals surface area contributed by atoms with Gasteiger partial charge in [0.2, 0.25) is 0 Å². The smallest absolute Gasteiger partial charge is 0.140 e. The predicted octanol–water partition coefficient (Wildman–Crippen LogP) is 5.49. The molecule has 0 atom stereocenters. The maximum atomic E-state index is 5.54. The summed E-state index contributed by atoms with van der Waals surface area (Å²) in [5.74, 6) is 0. The molecule has 0 aliphatic heterocycles. The van der Waals surface area contributed by atoms with E-state index in [1.165, 1.54) is 32.0 Å². The van der Waals surface area contributed by atoms with Gasteiger partial charge >= 0.3 is 0 Å². The zero-order chi connectivity index (χ0) is 15.7. The van der Waals surface area contributed by atoms with Crippen molar-refractivity contribution in [2.75, 3.05) is 14.1 Å². The molecule has 0 radical (unpaired) electrons. The first-order valence-electron chi connectivity index (χ1n) is 7.45. The molecule has 0 saturated carbocycles. The van der Waals surface area contributed by atoms with E-state index in [2.05, 4.69) is 55.5 Å². The fourth-order valence-corrected chi connectivity index (χ4v) is 4.03. The third-order valence-corrected chi connectivity index (χ3v) is 5.70. The van der Waals surface area contributed by atoms with Crippen LogP contribution in [0.4, 0.5) is 0 Å². The van der Waals surface area contributed by atoms with Crippen molar-refractivity contribution in [1.82, 2.24) is 4.90 Å². The van der Waals surface area contributed by atoms with Crippen LogP contribution in [0.2, 0.25) is 0 Å². The normalized spacial score (nSPS) is 11.0. The second-order valence-electron chi connectivity index (χ2n) is 5.51. The molecule has 0 saturated heterocycles. The molecule has 0 heterocycles. The molecule has 1 nitrogen and oxygen atoms in total. The number of thiocarbonyl (C=S) groups is 1. The quantitative estimate of drug-likeness (QED) is 0.348. The summed E-state index contributed by atoms with van der Waals surface area (Å²) in [5, 5.41) is 5.28. The van der Waals surface area contributed by atoms with Gasteiger partial charge in [0, 0.05) is 19.0 Å². The highest BCUT2D eigenvalue weighted by Gasteiger charge is 2.14. The van der Waals surface area contributed by atoms with Gasteiger partial charge in [-0.15, -0.1) is 0 Å². The number of rotatable bonds is 2. The van der Waals surface area contributed by atoms with Crippen LogP contribution in [0.25, 0.3) is 21.5 Å². The minimum absolute atomic E-state index is 0.888. The zero-order valence-electron chi connectivity index (χ0n) is 13.1. The SMILES string of the molecule is CCc1c2ccccc2c(SC(=S)N(C)C)c2ccccc12. The minimum Gasteiger partial charge on any atom is -0.363 e. The Morgan fingerprint density at radius 2 is 1.36 bits per heavy atom. The van der Waals surface area contributed by atoms with Gasteiger partial charge in [-0.2, -0.15) is 0 Å². The summed E-state index contributed by atoms with van der Waals surface area (Å²) in [6.45, 7) is 2.23. The van der Waals surface area contributed by atoms with E-state index < -0.39 is 0 Å². The van der Waals surface area contributed by atoms with Gasteiger partial charge in [-0.3, -0.25) is 0 Å². The number of thioether (sulfide) groups is 1. The summed E-state index contributed by atoms with van der Waals surface area (Å²) in [5.41, 5.74) is 1.42. The summed E-state index contributed by atoms with van der Waals surface area (Å²) < 4.78 is 0.888. The highest BCUT2D eigenvalue weighted by molar-refractivity contribution is 8.23. The second-order valence-corrected chi connectivity index (χ2v) is 7.16. The van der Waals surface area contributed by atoms with E-state index in [1.54, 1.807) is 11.8 Å². The molecule has 0 spiro atoms. The van der Waals surface area contributed by atoms with Crippen molar-refractivity contribution in [2.45, 2.75) is 18.2 Å². The molecule has 0 aliphatic carbocycles. The van der Waals surface area contributed by atoms with E-state index in [0.717, 1.165) is 10.7 Å². The van der Waals surface area contributed by atoms with Crippen LogP contribution in [0.15, 0.2) is 53.4 Å². The molecular weight excluding hydrogens is 306 g/mol. The molecule has 0 aromatic heterocycles. The number of benzene rings is 3. The van der Waals surface area contributed by atoms with Gasteiger partial charge in [-0.1, -0.05) is 79.4 Å². The number of fused-ring (bicyclic) bond motifs is 2. The Kier molecular flexibility index (Phi) is 4.37. The van der Waals surface area contributed by atoms with Gasteiger partial charge in [0.25, 0.3) is 0 Å². The first-order valence-corrected chi connectivity index (χ1v) is 8.67. The van der Waals surface area contributed by atoms with Gasteiger partial charge in [0.1, 0.15) is 4.32 Å². The van der Waals surface area contributed by atoms with Crippen molar-refractivity contribution in [2.24, 2.45) is 0 Å². The maximum absolute atomic E-state index is 5.54. The van der Waals surface area contributed by atoms with Crippen molar-refractivity contribution in [1.29, 1.82) is 0 Å². The van der Waals surface area contributed by atoms with Crippen molar-refractivity contribution >= 4 is 49.8 Å². The van der Waals surface area contributed by atoms with Crippen LogP contribution >= 0.6 is 24.0 Å². The van der Waals surface area contributed by atoms with Gasteiger partial charge in [-0.25, -0.2) is 0 Å². The topological polar surface area (TPSA) is 3.24 Å². The van der Waals surface area contributed by atoms with E-state index in [9.17, 15) is 0 Å². The summed E-state index contributed by atoms with van der Waals surface area (Å²) in [4.78, 5) is 3.26. The third-order valence-electron chi connectivity index (χ3n) is 3.90. The lowest BCUT2D eigenvalue weighted by molar-refractivity contribution is 0.648. The molecule has 0 fully saturated rings. The van der Waals surface area contributed by atoms with Crippen LogP contribution in [-0.2, 0) is 6.42 Å². The van der Waals surface area contributed by atoms with Crippen LogP contribution in [0.5, 0.6) is 0 Å². The first kappa shape index (κ1) is 15.3. The highest BCUT2D eigenvalue weighted by atomic mass is 32.2. The van der Waals surface area contributed by atoms with Crippen LogP contribution in [0, 0.1) is 0 Å². The van der Waals surface area contributed by atoms with Crippen LogP contribution in [0.3, 0.4) is 0 Å². The molecule has 0 bridgehead atoms. The Balaban J connectivity index is 2.39. The van der Waals surface area contributed by atoms with Crippen molar-refractivity contribution in [3.05, 3.63) is 54.1 Å². The van der Waals surface area contributed by atoms with Crippen molar-refractivity contribution in [3.63, 3.8) is 0 Å². The van der Waals surface area contributed by atoms with Gasteiger partial charge < -0.3 is 4.90 Å². The lowest BCUT2D eigenvalue weighted by Crippen LogP contribution is -2.15. The van der Waals surface area contributed by atoms with Crippen molar-refractivity contribution < 1.29 is 0 Å². The second kappa shape index (κ2) is 6.27. The number of aryl methyl sites for hydroxylation is 1. The molecule has 3 aromatic rings. The summed E-state index contributed by atoms with van der Waals surface area (Å²) in [7, 11) is 4.00. The molecule has 3 rings (SSSR count). The maximum Gasteiger partial charge on any atom is 0.140 e. The number of nitrogens with zero attached hydrogens (tertiary/aromatic N) is 1. The van der Waals surface area contributed by atoms with Gasteiger partial charge in [0.05, 0.1) is 0 Å². The van der Waals surface area contributed by atoms with Gasteiger partial charge in [-0.05, 0) is 33.5 Å². The zero-order valence-corrected chi connectivity index (χ0v) is 14.7. The molecule has 3 aromatic carbocycles. The molecule has 0 amide bonds. The highest BCUT2D eigenvalue weighted by Crippen LogP contribution is 2.39. The first-order chi connectivity index (χ1) is 10.6. The van der Waals surface area contributed by atoms with Crippen LogP contribution < -0.4 is 0 Å². The Morgan fingerprint density at radius 3 is 1.77 bits per heavy atom. The Hall–Kier alpha value is -1.58. The van der Waals surface area contributed by atoms with E-state index in [1.807, 2.05) is 19.0 Å². The average Bonchev–Trinajstić information content (AvgIpc) is 2.54. The number of hydrogen-bond donors (Lipinski definition) is 0.